The third-order valence-corrected chi connectivity index (χ3v) is 9.52. The minimum atomic E-state index is -0.118. The molecular formula is C42H54O3. The summed E-state index contributed by atoms with van der Waals surface area (Å²) in [5.41, 5.74) is 14.7. The van der Waals surface area contributed by atoms with Crippen LogP contribution in [0.4, 0.5) is 0 Å². The van der Waals surface area contributed by atoms with E-state index in [1.165, 1.54) is 50.1 Å². The molecule has 45 heavy (non-hydrogen) atoms. The van der Waals surface area contributed by atoms with Crippen LogP contribution in [0.2, 0.25) is 0 Å². The van der Waals surface area contributed by atoms with Crippen molar-refractivity contribution in [2.45, 2.75) is 119 Å². The predicted octanol–water partition coefficient (Wildman–Crippen LogP) is 10.4. The Morgan fingerprint density at radius 2 is 0.622 bits per heavy atom. The monoisotopic (exact) mass is 606 g/mol. The van der Waals surface area contributed by atoms with Gasteiger partial charge < -0.3 is 15.3 Å². The number of aromatic hydroxyl groups is 3. The molecule has 0 aliphatic rings. The molecule has 4 rings (SSSR count). The van der Waals surface area contributed by atoms with Crippen molar-refractivity contribution in [3.63, 3.8) is 0 Å². The summed E-state index contributed by atoms with van der Waals surface area (Å²) >= 11 is 0. The van der Waals surface area contributed by atoms with Crippen LogP contribution in [0, 0.1) is 20.8 Å². The highest BCUT2D eigenvalue weighted by Crippen LogP contribution is 2.39. The maximum atomic E-state index is 10.4. The van der Waals surface area contributed by atoms with E-state index >= 15 is 0 Å². The summed E-state index contributed by atoms with van der Waals surface area (Å²) in [4.78, 5) is 0. The fraction of sp³-hybridized carbons (Fsp3) is 0.429. The lowest BCUT2D eigenvalue weighted by atomic mass is 9.76. The van der Waals surface area contributed by atoms with Gasteiger partial charge in [0.05, 0.1) is 0 Å². The number of hydrogen-bond acceptors (Lipinski definition) is 3. The summed E-state index contributed by atoms with van der Waals surface area (Å²) in [6.07, 6.45) is 2.32. The zero-order valence-electron chi connectivity index (χ0n) is 29.7. The van der Waals surface area contributed by atoms with Gasteiger partial charge in [0, 0.05) is 0 Å². The van der Waals surface area contributed by atoms with Crippen LogP contribution in [-0.4, -0.2) is 15.3 Å². The average molecular weight is 607 g/mol. The number of benzene rings is 4. The summed E-state index contributed by atoms with van der Waals surface area (Å²) in [7, 11) is 0. The van der Waals surface area contributed by atoms with Crippen LogP contribution in [0.3, 0.4) is 0 Å². The lowest BCUT2D eigenvalue weighted by molar-refractivity contribution is 0.470. The molecule has 240 valence electrons. The lowest BCUT2D eigenvalue weighted by Gasteiger charge is -2.29. The molecule has 4 aromatic carbocycles. The summed E-state index contributed by atoms with van der Waals surface area (Å²) in [5.74, 6) is 0.893. The topological polar surface area (TPSA) is 60.7 Å². The van der Waals surface area contributed by atoms with Crippen LogP contribution >= 0.6 is 0 Å². The van der Waals surface area contributed by atoms with Crippen molar-refractivity contribution in [3.8, 4) is 17.2 Å². The number of rotatable bonds is 6. The predicted molar refractivity (Wildman–Crippen MR) is 189 cm³/mol. The molecule has 4 aromatic rings. The highest BCUT2D eigenvalue weighted by atomic mass is 16.3. The van der Waals surface area contributed by atoms with Gasteiger partial charge in [0.2, 0.25) is 0 Å². The molecule has 0 aliphatic heterocycles. The van der Waals surface area contributed by atoms with Crippen molar-refractivity contribution in [3.05, 3.63) is 121 Å². The maximum Gasteiger partial charge on any atom is 0.115 e. The molecular weight excluding hydrogens is 552 g/mol. The van der Waals surface area contributed by atoms with Crippen LogP contribution < -0.4 is 0 Å². The molecule has 0 aliphatic carbocycles. The molecule has 0 saturated carbocycles. The van der Waals surface area contributed by atoms with Gasteiger partial charge in [0.15, 0.2) is 0 Å². The van der Waals surface area contributed by atoms with Gasteiger partial charge in [-0.25, -0.2) is 0 Å². The van der Waals surface area contributed by atoms with Crippen molar-refractivity contribution in [2.75, 3.05) is 0 Å². The second-order valence-corrected chi connectivity index (χ2v) is 16.1. The summed E-state index contributed by atoms with van der Waals surface area (Å²) < 4.78 is 0. The summed E-state index contributed by atoms with van der Waals surface area (Å²) in [6, 6.07) is 17.5. The first-order valence-corrected chi connectivity index (χ1v) is 16.3. The molecule has 0 heterocycles. The molecule has 0 fully saturated rings. The fourth-order valence-electron chi connectivity index (χ4n) is 7.01. The Kier molecular flexibility index (Phi) is 9.29. The van der Waals surface area contributed by atoms with E-state index in [0.717, 1.165) is 36.0 Å². The number of hydrogen-bond donors (Lipinski definition) is 3. The van der Waals surface area contributed by atoms with Gasteiger partial charge in [-0.05, 0) is 159 Å². The van der Waals surface area contributed by atoms with E-state index in [1.807, 2.05) is 36.4 Å². The largest absolute Gasteiger partial charge is 0.508 e. The van der Waals surface area contributed by atoms with Crippen molar-refractivity contribution >= 4 is 0 Å². The molecule has 0 aromatic heterocycles. The first-order chi connectivity index (χ1) is 20.7. The van der Waals surface area contributed by atoms with Crippen LogP contribution in [0.15, 0.2) is 54.6 Å². The quantitative estimate of drug-likeness (QED) is 0.205. The van der Waals surface area contributed by atoms with Gasteiger partial charge in [0.1, 0.15) is 17.2 Å². The lowest BCUT2D eigenvalue weighted by Crippen LogP contribution is -2.18. The highest BCUT2D eigenvalue weighted by molar-refractivity contribution is 5.57. The normalized spacial score (nSPS) is 12.5. The molecule has 0 unspecified atom stereocenters. The molecule has 3 heteroatoms. The van der Waals surface area contributed by atoms with Crippen LogP contribution in [0.25, 0.3) is 0 Å². The second-order valence-electron chi connectivity index (χ2n) is 16.1. The van der Waals surface area contributed by atoms with Gasteiger partial charge in [-0.3, -0.25) is 0 Å². The zero-order valence-corrected chi connectivity index (χ0v) is 29.7. The first kappa shape index (κ1) is 34.2. The molecule has 3 N–H and O–H groups in total. The minimum Gasteiger partial charge on any atom is -0.508 e. The van der Waals surface area contributed by atoms with E-state index in [1.54, 1.807) is 0 Å². The fourth-order valence-corrected chi connectivity index (χ4v) is 7.01. The van der Waals surface area contributed by atoms with Gasteiger partial charge in [-0.2, -0.15) is 0 Å². The van der Waals surface area contributed by atoms with Gasteiger partial charge in [-0.1, -0.05) is 80.5 Å². The molecule has 0 radical (unpaired) electrons. The Balaban J connectivity index is 1.99. The second kappa shape index (κ2) is 12.2. The van der Waals surface area contributed by atoms with E-state index in [2.05, 4.69) is 101 Å². The minimum absolute atomic E-state index is 0.118. The average Bonchev–Trinajstić information content (AvgIpc) is 2.92. The molecule has 0 bridgehead atoms. The molecule has 3 nitrogen and oxygen atoms in total. The number of phenols is 3. The molecule has 0 atom stereocenters. The van der Waals surface area contributed by atoms with E-state index in [-0.39, 0.29) is 16.2 Å². The summed E-state index contributed by atoms with van der Waals surface area (Å²) in [6.45, 7) is 26.6. The van der Waals surface area contributed by atoms with Gasteiger partial charge in [0.25, 0.3) is 0 Å². The Labute approximate surface area is 272 Å². The van der Waals surface area contributed by atoms with E-state index < -0.39 is 0 Å². The van der Waals surface area contributed by atoms with Crippen LogP contribution in [0.1, 0.15) is 129 Å². The van der Waals surface area contributed by atoms with Crippen molar-refractivity contribution in [1.29, 1.82) is 0 Å². The third kappa shape index (κ3) is 7.40. The molecule has 0 saturated heterocycles. The Morgan fingerprint density at radius 1 is 0.400 bits per heavy atom. The Bertz CT molecular complexity index is 1490. The van der Waals surface area contributed by atoms with E-state index in [9.17, 15) is 15.3 Å². The molecule has 0 spiro atoms. The highest BCUT2D eigenvalue weighted by Gasteiger charge is 2.26. The first-order valence-electron chi connectivity index (χ1n) is 16.3. The van der Waals surface area contributed by atoms with Gasteiger partial charge in [-0.15, -0.1) is 0 Å². The standard InChI is InChI=1S/C42H54O3/c1-25-34(19-28-13-16-31(43)22-37(28)40(4,5)6)26(2)36(21-30-15-18-33(45)24-39(30)42(10,11)12)27(3)35(25)20-29-14-17-32(44)23-38(29)41(7,8)9/h13-18,22-24,43-45H,19-21H2,1-12H3. The maximum absolute atomic E-state index is 10.4. The third-order valence-electron chi connectivity index (χ3n) is 9.52. The Hall–Kier alpha value is -3.72. The summed E-state index contributed by atoms with van der Waals surface area (Å²) in [5, 5.41) is 31.2. The van der Waals surface area contributed by atoms with Crippen molar-refractivity contribution < 1.29 is 15.3 Å². The van der Waals surface area contributed by atoms with Crippen molar-refractivity contribution in [2.24, 2.45) is 0 Å². The van der Waals surface area contributed by atoms with E-state index in [4.69, 9.17) is 0 Å². The number of phenolic OH excluding ortho intramolecular Hbond substituents is 3. The SMILES string of the molecule is Cc1c(Cc2ccc(O)cc2C(C)(C)C)c(C)c(Cc2ccc(O)cc2C(C)(C)C)c(C)c1Cc1ccc(O)cc1C(C)(C)C. The zero-order chi connectivity index (χ0) is 33.6. The van der Waals surface area contributed by atoms with Crippen molar-refractivity contribution in [1.82, 2.24) is 0 Å². The van der Waals surface area contributed by atoms with Gasteiger partial charge >= 0.3 is 0 Å². The Morgan fingerprint density at radius 3 is 0.822 bits per heavy atom. The van der Waals surface area contributed by atoms with E-state index in [0.29, 0.717) is 17.2 Å². The van der Waals surface area contributed by atoms with Crippen LogP contribution in [0.5, 0.6) is 17.2 Å². The smallest absolute Gasteiger partial charge is 0.115 e. The molecule has 0 amide bonds. The van der Waals surface area contributed by atoms with Crippen LogP contribution in [-0.2, 0) is 35.5 Å².